The SMILES string of the molecule is CNC(c1cccnc1OC)C1CCOC2(CCCC2)C1. The fourth-order valence-corrected chi connectivity index (χ4v) is 4.17. The van der Waals surface area contributed by atoms with Crippen LogP contribution in [0.2, 0.25) is 0 Å². The quantitative estimate of drug-likeness (QED) is 0.925. The molecule has 0 amide bonds. The molecule has 0 aromatic carbocycles. The van der Waals surface area contributed by atoms with E-state index < -0.39 is 0 Å². The van der Waals surface area contributed by atoms with Crippen molar-refractivity contribution in [1.29, 1.82) is 0 Å². The zero-order chi connectivity index (χ0) is 14.7. The van der Waals surface area contributed by atoms with E-state index in [1.807, 2.05) is 13.1 Å². The molecular weight excluding hydrogens is 264 g/mol. The highest BCUT2D eigenvalue weighted by Crippen LogP contribution is 2.45. The van der Waals surface area contributed by atoms with Crippen LogP contribution in [0.15, 0.2) is 18.3 Å². The van der Waals surface area contributed by atoms with Gasteiger partial charge in [0, 0.05) is 24.4 Å². The summed E-state index contributed by atoms with van der Waals surface area (Å²) in [7, 11) is 3.73. The van der Waals surface area contributed by atoms with E-state index in [1.54, 1.807) is 13.3 Å². The van der Waals surface area contributed by atoms with Crippen LogP contribution in [0.4, 0.5) is 0 Å². The summed E-state index contributed by atoms with van der Waals surface area (Å²) in [6.07, 6.45) is 9.12. The van der Waals surface area contributed by atoms with Gasteiger partial charge in [-0.2, -0.15) is 0 Å². The predicted molar refractivity (Wildman–Crippen MR) is 82.5 cm³/mol. The summed E-state index contributed by atoms with van der Waals surface area (Å²) in [5, 5.41) is 3.49. The maximum atomic E-state index is 6.17. The normalized spacial score (nSPS) is 25.9. The van der Waals surface area contributed by atoms with E-state index in [9.17, 15) is 0 Å². The van der Waals surface area contributed by atoms with Gasteiger partial charge in [-0.1, -0.05) is 18.9 Å². The van der Waals surface area contributed by atoms with Gasteiger partial charge in [0.25, 0.3) is 0 Å². The average molecular weight is 290 g/mol. The third kappa shape index (κ3) is 2.92. The van der Waals surface area contributed by atoms with Crippen LogP contribution < -0.4 is 10.1 Å². The van der Waals surface area contributed by atoms with Crippen molar-refractivity contribution in [3.8, 4) is 5.88 Å². The highest BCUT2D eigenvalue weighted by atomic mass is 16.5. The third-order valence-corrected chi connectivity index (χ3v) is 5.16. The van der Waals surface area contributed by atoms with Crippen LogP contribution in [0.25, 0.3) is 0 Å². The smallest absolute Gasteiger partial charge is 0.217 e. The van der Waals surface area contributed by atoms with Crippen molar-refractivity contribution < 1.29 is 9.47 Å². The zero-order valence-corrected chi connectivity index (χ0v) is 13.1. The number of hydrogen-bond donors (Lipinski definition) is 1. The van der Waals surface area contributed by atoms with Gasteiger partial charge in [0.05, 0.1) is 12.7 Å². The van der Waals surface area contributed by atoms with E-state index in [0.29, 0.717) is 5.92 Å². The molecule has 4 nitrogen and oxygen atoms in total. The Bertz CT molecular complexity index is 472. The Morgan fingerprint density at radius 2 is 2.24 bits per heavy atom. The summed E-state index contributed by atoms with van der Waals surface area (Å²) in [6, 6.07) is 4.41. The Morgan fingerprint density at radius 1 is 1.43 bits per heavy atom. The van der Waals surface area contributed by atoms with E-state index in [0.717, 1.165) is 25.3 Å². The number of methoxy groups -OCH3 is 1. The summed E-state index contributed by atoms with van der Waals surface area (Å²) < 4.78 is 11.6. The molecule has 2 atom stereocenters. The number of nitrogens with one attached hydrogen (secondary N) is 1. The Balaban J connectivity index is 1.82. The van der Waals surface area contributed by atoms with Gasteiger partial charge in [-0.15, -0.1) is 0 Å². The molecule has 1 saturated heterocycles. The zero-order valence-electron chi connectivity index (χ0n) is 13.1. The lowest BCUT2D eigenvalue weighted by molar-refractivity contribution is -0.0979. The monoisotopic (exact) mass is 290 g/mol. The fraction of sp³-hybridized carbons (Fsp3) is 0.706. The van der Waals surface area contributed by atoms with Crippen LogP contribution in [0.5, 0.6) is 5.88 Å². The van der Waals surface area contributed by atoms with Crippen molar-refractivity contribution in [2.45, 2.75) is 50.2 Å². The van der Waals surface area contributed by atoms with Gasteiger partial charge in [0.15, 0.2) is 0 Å². The number of ether oxygens (including phenoxy) is 2. The topological polar surface area (TPSA) is 43.4 Å². The predicted octanol–water partition coefficient (Wildman–Crippen LogP) is 3.09. The summed E-state index contributed by atoms with van der Waals surface area (Å²) in [6.45, 7) is 0.880. The van der Waals surface area contributed by atoms with Crippen LogP contribution in [0.3, 0.4) is 0 Å². The van der Waals surface area contributed by atoms with Crippen molar-refractivity contribution in [2.24, 2.45) is 5.92 Å². The second kappa shape index (κ2) is 6.32. The Morgan fingerprint density at radius 3 is 2.95 bits per heavy atom. The Kier molecular flexibility index (Phi) is 4.45. The van der Waals surface area contributed by atoms with Crippen molar-refractivity contribution in [2.75, 3.05) is 20.8 Å². The first-order chi connectivity index (χ1) is 10.3. The molecule has 1 spiro atoms. The first-order valence-electron chi connectivity index (χ1n) is 8.08. The molecule has 3 rings (SSSR count). The molecule has 1 aromatic heterocycles. The molecule has 1 aliphatic carbocycles. The lowest BCUT2D eigenvalue weighted by atomic mass is 9.78. The lowest BCUT2D eigenvalue weighted by Crippen LogP contribution is -2.41. The third-order valence-electron chi connectivity index (χ3n) is 5.16. The summed E-state index contributed by atoms with van der Waals surface area (Å²) in [4.78, 5) is 4.36. The minimum absolute atomic E-state index is 0.146. The summed E-state index contributed by atoms with van der Waals surface area (Å²) >= 11 is 0. The van der Waals surface area contributed by atoms with E-state index in [4.69, 9.17) is 9.47 Å². The van der Waals surface area contributed by atoms with Crippen LogP contribution >= 0.6 is 0 Å². The van der Waals surface area contributed by atoms with E-state index in [1.165, 1.54) is 31.2 Å². The van der Waals surface area contributed by atoms with E-state index in [-0.39, 0.29) is 11.6 Å². The number of rotatable bonds is 4. The molecule has 1 saturated carbocycles. The number of nitrogens with zero attached hydrogens (tertiary/aromatic N) is 1. The van der Waals surface area contributed by atoms with Crippen LogP contribution in [-0.4, -0.2) is 31.3 Å². The molecule has 1 N–H and O–H groups in total. The minimum Gasteiger partial charge on any atom is -0.481 e. The van der Waals surface area contributed by atoms with Crippen molar-refractivity contribution in [3.63, 3.8) is 0 Å². The summed E-state index contributed by atoms with van der Waals surface area (Å²) in [5.74, 6) is 1.32. The molecule has 2 heterocycles. The minimum atomic E-state index is 0.146. The molecule has 116 valence electrons. The number of hydrogen-bond acceptors (Lipinski definition) is 4. The fourth-order valence-electron chi connectivity index (χ4n) is 4.17. The maximum Gasteiger partial charge on any atom is 0.217 e. The number of aromatic nitrogens is 1. The first-order valence-corrected chi connectivity index (χ1v) is 8.08. The molecule has 0 bridgehead atoms. The highest BCUT2D eigenvalue weighted by molar-refractivity contribution is 5.29. The average Bonchev–Trinajstić information content (AvgIpc) is 2.96. The van der Waals surface area contributed by atoms with Crippen LogP contribution in [0.1, 0.15) is 50.1 Å². The van der Waals surface area contributed by atoms with Gasteiger partial charge >= 0.3 is 0 Å². The Labute approximate surface area is 127 Å². The number of pyridine rings is 1. The van der Waals surface area contributed by atoms with Crippen LogP contribution in [-0.2, 0) is 4.74 Å². The van der Waals surface area contributed by atoms with E-state index >= 15 is 0 Å². The largest absolute Gasteiger partial charge is 0.481 e. The second-order valence-corrected chi connectivity index (χ2v) is 6.36. The molecule has 0 radical (unpaired) electrons. The molecule has 1 aromatic rings. The molecular formula is C17H26N2O2. The van der Waals surface area contributed by atoms with Crippen LogP contribution in [0, 0.1) is 5.92 Å². The molecule has 2 unspecified atom stereocenters. The first kappa shape index (κ1) is 14.8. The Hall–Kier alpha value is -1.13. The molecule has 2 aliphatic rings. The van der Waals surface area contributed by atoms with Gasteiger partial charge in [-0.05, 0) is 44.7 Å². The standard InChI is InChI=1S/C17H26N2O2/c1-18-15(14-6-5-10-19-16(14)20-2)13-7-11-21-17(12-13)8-3-4-9-17/h5-6,10,13,15,18H,3-4,7-9,11-12H2,1-2H3. The van der Waals surface area contributed by atoms with Gasteiger partial charge < -0.3 is 14.8 Å². The van der Waals surface area contributed by atoms with Crippen molar-refractivity contribution in [1.82, 2.24) is 10.3 Å². The molecule has 21 heavy (non-hydrogen) atoms. The van der Waals surface area contributed by atoms with Crippen molar-refractivity contribution >= 4 is 0 Å². The van der Waals surface area contributed by atoms with E-state index in [2.05, 4.69) is 16.4 Å². The second-order valence-electron chi connectivity index (χ2n) is 6.36. The van der Waals surface area contributed by atoms with Gasteiger partial charge in [-0.25, -0.2) is 4.98 Å². The van der Waals surface area contributed by atoms with Gasteiger partial charge in [-0.3, -0.25) is 0 Å². The maximum absolute atomic E-state index is 6.17. The lowest BCUT2D eigenvalue weighted by Gasteiger charge is -2.41. The molecule has 1 aliphatic heterocycles. The molecule has 2 fully saturated rings. The van der Waals surface area contributed by atoms with Crippen molar-refractivity contribution in [3.05, 3.63) is 23.9 Å². The summed E-state index contributed by atoms with van der Waals surface area (Å²) in [5.41, 5.74) is 1.32. The highest BCUT2D eigenvalue weighted by Gasteiger charge is 2.42. The van der Waals surface area contributed by atoms with Gasteiger partial charge in [0.1, 0.15) is 0 Å². The van der Waals surface area contributed by atoms with Gasteiger partial charge in [0.2, 0.25) is 5.88 Å². The molecule has 4 heteroatoms.